The van der Waals surface area contributed by atoms with E-state index in [0.29, 0.717) is 6.61 Å². The lowest BCUT2D eigenvalue weighted by atomic mass is 10.4. The van der Waals surface area contributed by atoms with Crippen molar-refractivity contribution in [3.8, 4) is 0 Å². The van der Waals surface area contributed by atoms with Gasteiger partial charge in [-0.15, -0.1) is 0 Å². The molecular weight excluding hydrogens is 238 g/mol. The Balaban J connectivity index is 3.75. The molecule has 0 aliphatic rings. The topological polar surface area (TPSA) is 40.2 Å². The Morgan fingerprint density at radius 1 is 1.06 bits per heavy atom. The van der Waals surface area contributed by atoms with Gasteiger partial charge in [-0.3, -0.25) is 0 Å². The average molecular weight is 265 g/mol. The lowest BCUT2D eigenvalue weighted by Gasteiger charge is -2.24. The van der Waals surface area contributed by atoms with E-state index in [4.69, 9.17) is 18.0 Å². The lowest BCUT2D eigenvalue weighted by molar-refractivity contribution is 0.0449. The molecule has 0 N–H and O–H groups in total. The van der Waals surface area contributed by atoms with Crippen LogP contribution in [0.1, 0.15) is 13.3 Å². The smallest absolute Gasteiger partial charge is 0.377 e. The van der Waals surface area contributed by atoms with Crippen LogP contribution in [0.5, 0.6) is 0 Å². The maximum atomic E-state index is 5.70. The van der Waals surface area contributed by atoms with Crippen LogP contribution in [0.25, 0.3) is 0 Å². The highest BCUT2D eigenvalue weighted by molar-refractivity contribution is 6.60. The fourth-order valence-corrected chi connectivity index (χ4v) is 3.39. The van der Waals surface area contributed by atoms with Crippen molar-refractivity contribution < 1.29 is 18.0 Å². The third kappa shape index (κ3) is 7.12. The number of nitrogens with zero attached hydrogens (tertiary/aromatic N) is 1. The number of ether oxygens (including phenoxy) is 1. The van der Waals surface area contributed by atoms with Crippen LogP contribution in [-0.4, -0.2) is 68.4 Å². The van der Waals surface area contributed by atoms with Gasteiger partial charge in [0.2, 0.25) is 0 Å². The molecule has 0 aromatic rings. The molecule has 0 heterocycles. The van der Waals surface area contributed by atoms with Crippen molar-refractivity contribution in [1.82, 2.24) is 4.90 Å². The van der Waals surface area contributed by atoms with Gasteiger partial charge in [0, 0.05) is 40.5 Å². The molecule has 0 aliphatic heterocycles. The van der Waals surface area contributed by atoms with E-state index in [2.05, 4.69) is 11.8 Å². The lowest BCUT2D eigenvalue weighted by Crippen LogP contribution is -2.42. The van der Waals surface area contributed by atoms with E-state index in [0.717, 1.165) is 19.0 Å². The van der Waals surface area contributed by atoms with Crippen molar-refractivity contribution in [2.24, 2.45) is 0 Å². The Morgan fingerprint density at radius 3 is 2.00 bits per heavy atom. The van der Waals surface area contributed by atoms with Gasteiger partial charge in [-0.1, -0.05) is 0 Å². The van der Waals surface area contributed by atoms with Crippen molar-refractivity contribution >= 4 is 8.80 Å². The molecule has 0 spiro atoms. The Labute approximate surface area is 106 Å². The van der Waals surface area contributed by atoms with Gasteiger partial charge in [0.1, 0.15) is 0 Å². The Hall–Kier alpha value is 0.0169. The number of rotatable bonds is 10. The zero-order chi connectivity index (χ0) is 13.3. The standard InChI is InChI=1S/C11H27NO4Si/c1-11(10-12(2)3)16-8-7-9-17(13-4,14-5)15-6/h11H,7-10H2,1-6H3. The van der Waals surface area contributed by atoms with Crippen LogP contribution in [-0.2, 0) is 18.0 Å². The van der Waals surface area contributed by atoms with Gasteiger partial charge in [0.05, 0.1) is 6.10 Å². The number of hydrogen-bond donors (Lipinski definition) is 0. The SMILES string of the molecule is CO[Si](CCCOC(C)CN(C)C)(OC)OC. The van der Waals surface area contributed by atoms with E-state index < -0.39 is 8.80 Å². The molecule has 0 saturated heterocycles. The van der Waals surface area contributed by atoms with Crippen LogP contribution in [0.2, 0.25) is 6.04 Å². The predicted octanol–water partition coefficient (Wildman–Crippen LogP) is 1.22. The van der Waals surface area contributed by atoms with Gasteiger partial charge in [0.25, 0.3) is 0 Å². The molecule has 17 heavy (non-hydrogen) atoms. The molecule has 0 rings (SSSR count). The van der Waals surface area contributed by atoms with E-state index >= 15 is 0 Å². The van der Waals surface area contributed by atoms with Gasteiger partial charge in [-0.05, 0) is 27.4 Å². The monoisotopic (exact) mass is 265 g/mol. The first-order valence-corrected chi connectivity index (χ1v) is 7.84. The van der Waals surface area contributed by atoms with Gasteiger partial charge in [-0.25, -0.2) is 0 Å². The van der Waals surface area contributed by atoms with Crippen LogP contribution in [0.4, 0.5) is 0 Å². The van der Waals surface area contributed by atoms with E-state index in [-0.39, 0.29) is 6.10 Å². The fraction of sp³-hybridized carbons (Fsp3) is 1.00. The van der Waals surface area contributed by atoms with Crippen LogP contribution >= 0.6 is 0 Å². The molecule has 0 radical (unpaired) electrons. The summed E-state index contributed by atoms with van der Waals surface area (Å²) in [5.41, 5.74) is 0. The molecule has 1 unspecified atom stereocenters. The van der Waals surface area contributed by atoms with Gasteiger partial charge < -0.3 is 22.9 Å². The maximum absolute atomic E-state index is 5.70. The summed E-state index contributed by atoms with van der Waals surface area (Å²) in [6, 6.07) is 0.783. The second-order valence-corrected chi connectivity index (χ2v) is 7.43. The first-order valence-electron chi connectivity index (χ1n) is 5.91. The Kier molecular flexibility index (Phi) is 9.02. The minimum Gasteiger partial charge on any atom is -0.377 e. The zero-order valence-electron chi connectivity index (χ0n) is 12.0. The molecular formula is C11H27NO4Si. The highest BCUT2D eigenvalue weighted by Gasteiger charge is 2.36. The first-order chi connectivity index (χ1) is 7.99. The van der Waals surface area contributed by atoms with Crippen molar-refractivity contribution in [2.45, 2.75) is 25.5 Å². The van der Waals surface area contributed by atoms with E-state index in [1.165, 1.54) is 0 Å². The predicted molar refractivity (Wildman–Crippen MR) is 70.2 cm³/mol. The largest absolute Gasteiger partial charge is 0.500 e. The van der Waals surface area contributed by atoms with Crippen molar-refractivity contribution in [3.05, 3.63) is 0 Å². The summed E-state index contributed by atoms with van der Waals surface area (Å²) in [4.78, 5) is 2.11. The third-order valence-electron chi connectivity index (χ3n) is 2.58. The number of likely N-dealkylation sites (N-methyl/N-ethyl adjacent to an activating group) is 1. The molecule has 0 saturated carbocycles. The molecule has 0 bridgehead atoms. The van der Waals surface area contributed by atoms with Crippen LogP contribution in [0.15, 0.2) is 0 Å². The summed E-state index contributed by atoms with van der Waals surface area (Å²) in [5, 5.41) is 0. The highest BCUT2D eigenvalue weighted by Crippen LogP contribution is 2.15. The zero-order valence-corrected chi connectivity index (χ0v) is 13.0. The summed E-state index contributed by atoms with van der Waals surface area (Å²) in [5.74, 6) is 0. The Bertz CT molecular complexity index is 180. The van der Waals surface area contributed by atoms with E-state index in [9.17, 15) is 0 Å². The number of hydrogen-bond acceptors (Lipinski definition) is 5. The molecule has 0 aromatic heterocycles. The van der Waals surface area contributed by atoms with E-state index in [1.54, 1.807) is 21.3 Å². The minimum absolute atomic E-state index is 0.244. The minimum atomic E-state index is -2.41. The van der Waals surface area contributed by atoms with Gasteiger partial charge in [0.15, 0.2) is 0 Å². The van der Waals surface area contributed by atoms with Crippen molar-refractivity contribution in [1.29, 1.82) is 0 Å². The van der Waals surface area contributed by atoms with Crippen LogP contribution in [0.3, 0.4) is 0 Å². The fourth-order valence-electron chi connectivity index (χ4n) is 1.70. The maximum Gasteiger partial charge on any atom is 0.500 e. The first kappa shape index (κ1) is 17.0. The molecule has 0 aromatic carbocycles. The van der Waals surface area contributed by atoms with Gasteiger partial charge >= 0.3 is 8.80 Å². The third-order valence-corrected chi connectivity index (χ3v) is 5.42. The quantitative estimate of drug-likeness (QED) is 0.439. The van der Waals surface area contributed by atoms with Crippen molar-refractivity contribution in [2.75, 3.05) is 48.6 Å². The van der Waals surface area contributed by atoms with Crippen LogP contribution < -0.4 is 0 Å². The molecule has 1 atom stereocenters. The molecule has 0 amide bonds. The van der Waals surface area contributed by atoms with E-state index in [1.807, 2.05) is 14.1 Å². The molecule has 0 aliphatic carbocycles. The second-order valence-electron chi connectivity index (χ2n) is 4.34. The summed E-state index contributed by atoms with van der Waals surface area (Å²) in [7, 11) is 6.57. The van der Waals surface area contributed by atoms with Gasteiger partial charge in [-0.2, -0.15) is 0 Å². The summed E-state index contributed by atoms with van der Waals surface area (Å²) >= 11 is 0. The molecule has 5 nitrogen and oxygen atoms in total. The average Bonchev–Trinajstić information content (AvgIpc) is 2.29. The molecule has 104 valence electrons. The summed E-state index contributed by atoms with van der Waals surface area (Å²) in [6.07, 6.45) is 1.13. The second kappa shape index (κ2) is 9.01. The normalized spacial score (nSPS) is 14.3. The van der Waals surface area contributed by atoms with Crippen LogP contribution in [0, 0.1) is 0 Å². The summed E-state index contributed by atoms with van der Waals surface area (Å²) < 4.78 is 21.7. The Morgan fingerprint density at radius 2 is 1.59 bits per heavy atom. The highest BCUT2D eigenvalue weighted by atomic mass is 28.4. The van der Waals surface area contributed by atoms with Crippen molar-refractivity contribution in [3.63, 3.8) is 0 Å². The molecule has 6 heteroatoms. The summed E-state index contributed by atoms with van der Waals surface area (Å²) in [6.45, 7) is 3.72. The molecule has 0 fully saturated rings.